The van der Waals surface area contributed by atoms with Gasteiger partial charge in [-0.25, -0.2) is 0 Å². The Bertz CT molecular complexity index is 507. The molecule has 0 bridgehead atoms. The number of carbonyl (C=O) groups is 1. The zero-order chi connectivity index (χ0) is 15.5. The Morgan fingerprint density at radius 3 is 2.71 bits per heavy atom. The van der Waals surface area contributed by atoms with E-state index in [4.69, 9.17) is 4.74 Å². The highest BCUT2D eigenvalue weighted by Crippen LogP contribution is 2.27. The van der Waals surface area contributed by atoms with Crippen molar-refractivity contribution < 1.29 is 14.6 Å². The zero-order valence-electron chi connectivity index (χ0n) is 13.0. The van der Waals surface area contributed by atoms with Gasteiger partial charge in [0.2, 0.25) is 5.91 Å². The van der Waals surface area contributed by atoms with Gasteiger partial charge >= 0.3 is 0 Å². The molecule has 0 aliphatic carbocycles. The topological polar surface area (TPSA) is 61.8 Å². The van der Waals surface area contributed by atoms with Crippen LogP contribution in [-0.4, -0.2) is 55.9 Å². The van der Waals surface area contributed by atoms with Crippen molar-refractivity contribution in [1.82, 2.24) is 4.90 Å². The fourth-order valence-corrected chi connectivity index (χ4v) is 2.57. The van der Waals surface area contributed by atoms with E-state index in [9.17, 15) is 9.90 Å². The van der Waals surface area contributed by atoms with E-state index < -0.39 is 0 Å². The molecule has 0 atom stereocenters. The molecule has 2 N–H and O–H groups in total. The summed E-state index contributed by atoms with van der Waals surface area (Å²) in [5.41, 5.74) is 2.91. The Morgan fingerprint density at radius 1 is 1.43 bits per heavy atom. The molecule has 1 aromatic carbocycles. The first-order valence-corrected chi connectivity index (χ1v) is 7.19. The monoisotopic (exact) mass is 292 g/mol. The van der Waals surface area contributed by atoms with Crippen LogP contribution in [0.15, 0.2) is 18.2 Å². The van der Waals surface area contributed by atoms with Crippen molar-refractivity contribution in [3.63, 3.8) is 0 Å². The average molecular weight is 292 g/mol. The van der Waals surface area contributed by atoms with Crippen LogP contribution in [0.25, 0.3) is 0 Å². The summed E-state index contributed by atoms with van der Waals surface area (Å²) in [4.78, 5) is 14.1. The first-order chi connectivity index (χ1) is 9.96. The molecular weight excluding hydrogens is 268 g/mol. The average Bonchev–Trinajstić information content (AvgIpc) is 2.39. The third kappa shape index (κ3) is 3.81. The van der Waals surface area contributed by atoms with Crippen molar-refractivity contribution in [1.29, 1.82) is 0 Å². The summed E-state index contributed by atoms with van der Waals surface area (Å²) in [5, 5.41) is 12.4. The second-order valence-electron chi connectivity index (χ2n) is 6.12. The lowest BCUT2D eigenvalue weighted by atomic mass is 9.86. The Kier molecular flexibility index (Phi) is 4.98. The first-order valence-electron chi connectivity index (χ1n) is 7.19. The Morgan fingerprint density at radius 2 is 2.14 bits per heavy atom. The predicted molar refractivity (Wildman–Crippen MR) is 82.4 cm³/mol. The lowest BCUT2D eigenvalue weighted by Crippen LogP contribution is -2.53. The molecule has 0 saturated carbocycles. The number of hydrogen-bond acceptors (Lipinski definition) is 4. The second-order valence-corrected chi connectivity index (χ2v) is 6.12. The van der Waals surface area contributed by atoms with Gasteiger partial charge in [0.1, 0.15) is 0 Å². The summed E-state index contributed by atoms with van der Waals surface area (Å²) in [6.07, 6.45) is 0. The maximum absolute atomic E-state index is 12.1. The Labute approximate surface area is 125 Å². The van der Waals surface area contributed by atoms with Gasteiger partial charge in [-0.05, 0) is 38.1 Å². The smallest absolute Gasteiger partial charge is 0.238 e. The van der Waals surface area contributed by atoms with Gasteiger partial charge in [0.25, 0.3) is 0 Å². The van der Waals surface area contributed by atoms with Crippen LogP contribution in [0.4, 0.5) is 5.69 Å². The molecule has 1 heterocycles. The van der Waals surface area contributed by atoms with Crippen LogP contribution in [-0.2, 0) is 9.53 Å². The molecule has 0 radical (unpaired) electrons. The second kappa shape index (κ2) is 6.56. The number of aliphatic hydroxyl groups is 1. The van der Waals surface area contributed by atoms with Gasteiger partial charge in [-0.3, -0.25) is 9.69 Å². The number of amides is 1. The molecule has 0 aromatic heterocycles. The third-order valence-electron chi connectivity index (χ3n) is 4.05. The van der Waals surface area contributed by atoms with Gasteiger partial charge in [-0.15, -0.1) is 0 Å². The zero-order valence-corrected chi connectivity index (χ0v) is 13.0. The minimum Gasteiger partial charge on any atom is -0.396 e. The summed E-state index contributed by atoms with van der Waals surface area (Å²) in [6.45, 7) is 6.20. The number of benzene rings is 1. The van der Waals surface area contributed by atoms with Crippen molar-refractivity contribution in [2.24, 2.45) is 5.41 Å². The van der Waals surface area contributed by atoms with Crippen LogP contribution < -0.4 is 5.32 Å². The number of aryl methyl sites for hydroxylation is 1. The van der Waals surface area contributed by atoms with Crippen molar-refractivity contribution in [2.75, 3.05) is 45.3 Å². The summed E-state index contributed by atoms with van der Waals surface area (Å²) in [6, 6.07) is 5.88. The molecule has 1 amide bonds. The summed E-state index contributed by atoms with van der Waals surface area (Å²) < 4.78 is 5.17. The molecule has 1 aromatic rings. The van der Waals surface area contributed by atoms with Gasteiger partial charge in [0.05, 0.1) is 31.8 Å². The van der Waals surface area contributed by atoms with Crippen molar-refractivity contribution in [2.45, 2.75) is 13.8 Å². The molecule has 116 valence electrons. The van der Waals surface area contributed by atoms with Crippen LogP contribution in [0.5, 0.6) is 0 Å². The molecule has 1 aliphatic rings. The van der Waals surface area contributed by atoms with E-state index in [1.165, 1.54) is 0 Å². The highest BCUT2D eigenvalue weighted by Gasteiger charge is 2.39. The third-order valence-corrected chi connectivity index (χ3v) is 4.05. The molecular formula is C16H24N2O3. The molecule has 1 saturated heterocycles. The fraction of sp³-hybridized carbons (Fsp3) is 0.562. The number of carbonyl (C=O) groups excluding carboxylic acids is 1. The van der Waals surface area contributed by atoms with E-state index in [2.05, 4.69) is 5.32 Å². The largest absolute Gasteiger partial charge is 0.396 e. The maximum atomic E-state index is 12.1. The van der Waals surface area contributed by atoms with E-state index >= 15 is 0 Å². The number of hydrogen-bond donors (Lipinski definition) is 2. The van der Waals surface area contributed by atoms with E-state index in [0.717, 1.165) is 16.8 Å². The highest BCUT2D eigenvalue weighted by molar-refractivity contribution is 5.93. The van der Waals surface area contributed by atoms with E-state index in [0.29, 0.717) is 26.3 Å². The van der Waals surface area contributed by atoms with Crippen LogP contribution in [0.2, 0.25) is 0 Å². The standard InChI is InChI=1S/C16H24N2O3/c1-12-5-4-6-14(13(12)2)17-15(20)7-18(3)8-16(9-19)10-21-11-16/h4-6,19H,7-11H2,1-3H3,(H,17,20). The van der Waals surface area contributed by atoms with Crippen molar-refractivity contribution in [3.05, 3.63) is 29.3 Å². The molecule has 2 rings (SSSR count). The lowest BCUT2D eigenvalue weighted by molar-refractivity contribution is -0.147. The van der Waals surface area contributed by atoms with E-state index in [1.807, 2.05) is 44.0 Å². The normalized spacial score (nSPS) is 16.6. The first kappa shape index (κ1) is 15.9. The number of rotatable bonds is 6. The quantitative estimate of drug-likeness (QED) is 0.826. The van der Waals surface area contributed by atoms with Crippen LogP contribution in [0, 0.1) is 19.3 Å². The van der Waals surface area contributed by atoms with Gasteiger partial charge in [-0.1, -0.05) is 12.1 Å². The van der Waals surface area contributed by atoms with E-state index in [1.54, 1.807) is 0 Å². The van der Waals surface area contributed by atoms with Crippen molar-refractivity contribution in [3.8, 4) is 0 Å². The van der Waals surface area contributed by atoms with Gasteiger partial charge < -0.3 is 15.2 Å². The van der Waals surface area contributed by atoms with Crippen LogP contribution in [0.3, 0.4) is 0 Å². The van der Waals surface area contributed by atoms with Crippen LogP contribution in [0.1, 0.15) is 11.1 Å². The summed E-state index contributed by atoms with van der Waals surface area (Å²) >= 11 is 0. The maximum Gasteiger partial charge on any atom is 0.238 e. The molecule has 5 nitrogen and oxygen atoms in total. The Hall–Kier alpha value is -1.43. The van der Waals surface area contributed by atoms with Gasteiger partial charge in [0, 0.05) is 12.2 Å². The molecule has 21 heavy (non-hydrogen) atoms. The van der Waals surface area contributed by atoms with E-state index in [-0.39, 0.29) is 17.9 Å². The minimum atomic E-state index is -0.200. The number of anilines is 1. The number of nitrogens with zero attached hydrogens (tertiary/aromatic N) is 1. The highest BCUT2D eigenvalue weighted by atomic mass is 16.5. The lowest BCUT2D eigenvalue weighted by Gasteiger charge is -2.42. The Balaban J connectivity index is 1.88. The molecule has 1 aliphatic heterocycles. The van der Waals surface area contributed by atoms with Gasteiger partial charge in [0.15, 0.2) is 0 Å². The van der Waals surface area contributed by atoms with Crippen LogP contribution >= 0.6 is 0 Å². The number of aliphatic hydroxyl groups excluding tert-OH is 1. The number of ether oxygens (including phenoxy) is 1. The molecule has 1 fully saturated rings. The summed E-state index contributed by atoms with van der Waals surface area (Å²) in [5.74, 6) is -0.0421. The molecule has 5 heteroatoms. The number of nitrogens with one attached hydrogen (secondary N) is 1. The summed E-state index contributed by atoms with van der Waals surface area (Å²) in [7, 11) is 1.89. The molecule has 0 spiro atoms. The van der Waals surface area contributed by atoms with Gasteiger partial charge in [-0.2, -0.15) is 0 Å². The molecule has 0 unspecified atom stereocenters. The fourth-order valence-electron chi connectivity index (χ4n) is 2.57. The predicted octanol–water partition coefficient (Wildman–Crippen LogP) is 1.18. The number of likely N-dealkylation sites (N-methyl/N-ethyl adjacent to an activating group) is 1. The van der Waals surface area contributed by atoms with Crippen molar-refractivity contribution >= 4 is 11.6 Å². The minimum absolute atomic E-state index is 0.0421. The SMILES string of the molecule is Cc1cccc(NC(=O)CN(C)CC2(CO)COC2)c1C.